The van der Waals surface area contributed by atoms with Crippen molar-refractivity contribution in [2.45, 2.75) is 52.4 Å². The fourth-order valence-electron chi connectivity index (χ4n) is 2.63. The minimum atomic E-state index is -0.770. The first-order valence-electron chi connectivity index (χ1n) is 6.58. The predicted octanol–water partition coefficient (Wildman–Crippen LogP) is 2.49. The van der Waals surface area contributed by atoms with E-state index in [-0.39, 0.29) is 17.7 Å². The quantitative estimate of drug-likeness (QED) is 0.740. The zero-order valence-corrected chi connectivity index (χ0v) is 11.3. The number of rotatable bonds is 5. The van der Waals surface area contributed by atoms with E-state index in [2.05, 4.69) is 5.32 Å². The van der Waals surface area contributed by atoms with Crippen LogP contribution in [0.2, 0.25) is 0 Å². The highest BCUT2D eigenvalue weighted by molar-refractivity contribution is 5.88. The highest BCUT2D eigenvalue weighted by Gasteiger charge is 2.34. The zero-order valence-electron chi connectivity index (χ0n) is 11.3. The molecule has 1 fully saturated rings. The van der Waals surface area contributed by atoms with Gasteiger partial charge in [-0.2, -0.15) is 0 Å². The Morgan fingerprint density at radius 2 is 1.83 bits per heavy atom. The van der Waals surface area contributed by atoms with E-state index in [0.29, 0.717) is 6.54 Å². The third-order valence-electron chi connectivity index (χ3n) is 3.50. The maximum atomic E-state index is 11.6. The summed E-state index contributed by atoms with van der Waals surface area (Å²) in [6, 6.07) is 0. The van der Waals surface area contributed by atoms with Crippen molar-refractivity contribution < 1.29 is 14.7 Å². The van der Waals surface area contributed by atoms with E-state index in [1.165, 1.54) is 6.42 Å². The number of allylic oxidation sites excluding steroid dienone is 1. The van der Waals surface area contributed by atoms with E-state index < -0.39 is 5.97 Å². The van der Waals surface area contributed by atoms with Gasteiger partial charge in [-0.3, -0.25) is 9.59 Å². The van der Waals surface area contributed by atoms with Crippen molar-refractivity contribution in [2.24, 2.45) is 5.41 Å². The Bertz CT molecular complexity index is 337. The van der Waals surface area contributed by atoms with Gasteiger partial charge in [-0.1, -0.05) is 24.8 Å². The van der Waals surface area contributed by atoms with Crippen molar-refractivity contribution in [1.29, 1.82) is 0 Å². The second-order valence-corrected chi connectivity index (χ2v) is 5.57. The van der Waals surface area contributed by atoms with Gasteiger partial charge in [-0.05, 0) is 32.1 Å². The number of amides is 1. The van der Waals surface area contributed by atoms with Gasteiger partial charge in [0.25, 0.3) is 0 Å². The molecule has 0 bridgehead atoms. The highest BCUT2D eigenvalue weighted by atomic mass is 16.4. The Kier molecular flexibility index (Phi) is 5.38. The summed E-state index contributed by atoms with van der Waals surface area (Å²) in [7, 11) is 0. The van der Waals surface area contributed by atoms with Gasteiger partial charge < -0.3 is 10.4 Å². The summed E-state index contributed by atoms with van der Waals surface area (Å²) in [5.41, 5.74) is 0.707. The molecule has 0 radical (unpaired) electrons. The molecule has 1 rings (SSSR count). The van der Waals surface area contributed by atoms with Gasteiger partial charge in [0.1, 0.15) is 0 Å². The molecule has 4 heteroatoms. The molecule has 0 atom stereocenters. The van der Waals surface area contributed by atoms with Crippen LogP contribution in [0.25, 0.3) is 0 Å². The number of nitrogens with one attached hydrogen (secondary N) is 1. The summed E-state index contributed by atoms with van der Waals surface area (Å²) < 4.78 is 0. The molecule has 0 saturated heterocycles. The Labute approximate surface area is 108 Å². The van der Waals surface area contributed by atoms with Crippen LogP contribution in [-0.4, -0.2) is 23.5 Å². The fourth-order valence-corrected chi connectivity index (χ4v) is 2.63. The van der Waals surface area contributed by atoms with E-state index in [1.54, 1.807) is 6.08 Å². The average molecular weight is 253 g/mol. The number of carbonyl (C=O) groups excluding carboxylic acids is 1. The number of hydrogen-bond acceptors (Lipinski definition) is 2. The lowest BCUT2D eigenvalue weighted by atomic mass is 9.71. The summed E-state index contributed by atoms with van der Waals surface area (Å²) in [6.07, 6.45) is 6.79. The van der Waals surface area contributed by atoms with Gasteiger partial charge in [-0.25, -0.2) is 0 Å². The predicted molar refractivity (Wildman–Crippen MR) is 70.2 cm³/mol. The molecule has 0 aromatic heterocycles. The lowest BCUT2D eigenvalue weighted by Crippen LogP contribution is -2.40. The van der Waals surface area contributed by atoms with Gasteiger partial charge in [0.15, 0.2) is 0 Å². The number of hydrogen-bond donors (Lipinski definition) is 2. The first-order chi connectivity index (χ1) is 8.43. The second-order valence-electron chi connectivity index (χ2n) is 5.57. The summed E-state index contributed by atoms with van der Waals surface area (Å²) >= 11 is 0. The summed E-state index contributed by atoms with van der Waals surface area (Å²) in [5.74, 6) is -0.890. The van der Waals surface area contributed by atoms with Crippen LogP contribution in [0.1, 0.15) is 52.4 Å². The van der Waals surface area contributed by atoms with E-state index >= 15 is 0 Å². The molecular formula is C14H23NO3. The van der Waals surface area contributed by atoms with Crippen LogP contribution in [0.4, 0.5) is 0 Å². The fraction of sp³-hybridized carbons (Fsp3) is 0.714. The topological polar surface area (TPSA) is 66.4 Å². The zero-order chi connectivity index (χ0) is 13.6. The Morgan fingerprint density at radius 1 is 1.22 bits per heavy atom. The normalized spacial score (nSPS) is 17.9. The Balaban J connectivity index is 2.59. The van der Waals surface area contributed by atoms with E-state index in [1.807, 2.05) is 13.8 Å². The maximum Gasteiger partial charge on any atom is 0.303 e. The number of aliphatic carboxylic acids is 1. The lowest BCUT2D eigenvalue weighted by molar-refractivity contribution is -0.140. The third kappa shape index (κ3) is 4.90. The second kappa shape index (κ2) is 6.57. The SMILES string of the molecule is CC(C)=CC(=O)NCC1(CC(=O)O)CCCCC1. The molecule has 2 N–H and O–H groups in total. The van der Waals surface area contributed by atoms with E-state index in [4.69, 9.17) is 5.11 Å². The van der Waals surface area contributed by atoms with E-state index in [0.717, 1.165) is 31.3 Å². The van der Waals surface area contributed by atoms with Crippen LogP contribution in [0.5, 0.6) is 0 Å². The average Bonchev–Trinajstić information content (AvgIpc) is 2.26. The van der Waals surface area contributed by atoms with Gasteiger partial charge in [0.2, 0.25) is 5.91 Å². The summed E-state index contributed by atoms with van der Waals surface area (Å²) in [4.78, 5) is 22.6. The molecule has 1 aliphatic carbocycles. The van der Waals surface area contributed by atoms with Crippen molar-refractivity contribution in [3.8, 4) is 0 Å². The molecule has 1 amide bonds. The first-order valence-corrected chi connectivity index (χ1v) is 6.58. The molecule has 102 valence electrons. The molecule has 1 saturated carbocycles. The minimum absolute atomic E-state index is 0.120. The molecule has 18 heavy (non-hydrogen) atoms. The summed E-state index contributed by atoms with van der Waals surface area (Å²) in [6.45, 7) is 4.21. The largest absolute Gasteiger partial charge is 0.481 e. The molecule has 0 aromatic rings. The van der Waals surface area contributed by atoms with Crippen LogP contribution in [0.15, 0.2) is 11.6 Å². The smallest absolute Gasteiger partial charge is 0.303 e. The monoisotopic (exact) mass is 253 g/mol. The van der Waals surface area contributed by atoms with Gasteiger partial charge in [-0.15, -0.1) is 0 Å². The van der Waals surface area contributed by atoms with Crippen molar-refractivity contribution in [1.82, 2.24) is 5.32 Å². The van der Waals surface area contributed by atoms with Crippen LogP contribution in [0, 0.1) is 5.41 Å². The minimum Gasteiger partial charge on any atom is -0.481 e. The molecule has 1 aliphatic rings. The maximum absolute atomic E-state index is 11.6. The van der Waals surface area contributed by atoms with Crippen LogP contribution < -0.4 is 5.32 Å². The molecule has 0 aliphatic heterocycles. The van der Waals surface area contributed by atoms with Crippen molar-refractivity contribution in [3.63, 3.8) is 0 Å². The van der Waals surface area contributed by atoms with Gasteiger partial charge in [0, 0.05) is 12.6 Å². The highest BCUT2D eigenvalue weighted by Crippen LogP contribution is 2.38. The molecule has 4 nitrogen and oxygen atoms in total. The molecule has 0 spiro atoms. The van der Waals surface area contributed by atoms with E-state index in [9.17, 15) is 9.59 Å². The van der Waals surface area contributed by atoms with Crippen molar-refractivity contribution >= 4 is 11.9 Å². The van der Waals surface area contributed by atoms with Crippen LogP contribution in [0.3, 0.4) is 0 Å². The Hall–Kier alpha value is -1.32. The Morgan fingerprint density at radius 3 is 2.33 bits per heavy atom. The lowest BCUT2D eigenvalue weighted by Gasteiger charge is -2.36. The first kappa shape index (κ1) is 14.7. The van der Waals surface area contributed by atoms with Crippen molar-refractivity contribution in [3.05, 3.63) is 11.6 Å². The van der Waals surface area contributed by atoms with Crippen LogP contribution >= 0.6 is 0 Å². The third-order valence-corrected chi connectivity index (χ3v) is 3.50. The standard InChI is InChI=1S/C14H23NO3/c1-11(2)8-12(16)15-10-14(9-13(17)18)6-4-3-5-7-14/h8H,3-7,9-10H2,1-2H3,(H,15,16)(H,17,18). The molecule has 0 unspecified atom stereocenters. The summed E-state index contributed by atoms with van der Waals surface area (Å²) in [5, 5.41) is 11.9. The molecule has 0 aromatic carbocycles. The van der Waals surface area contributed by atoms with Crippen molar-refractivity contribution in [2.75, 3.05) is 6.54 Å². The number of carboxylic acid groups (broad SMARTS) is 1. The number of carbonyl (C=O) groups is 2. The molecular weight excluding hydrogens is 230 g/mol. The van der Waals surface area contributed by atoms with Gasteiger partial charge >= 0.3 is 5.97 Å². The number of carboxylic acids is 1. The molecule has 0 heterocycles. The van der Waals surface area contributed by atoms with Gasteiger partial charge in [0.05, 0.1) is 6.42 Å². The van der Waals surface area contributed by atoms with Crippen LogP contribution in [-0.2, 0) is 9.59 Å².